The van der Waals surface area contributed by atoms with E-state index < -0.39 is 0 Å². The molecule has 0 fully saturated rings. The van der Waals surface area contributed by atoms with Crippen molar-refractivity contribution in [3.63, 3.8) is 0 Å². The Labute approximate surface area is 84.9 Å². The zero-order valence-electron chi connectivity index (χ0n) is 8.69. The average Bonchev–Trinajstić information content (AvgIpc) is 2.19. The standard InChI is InChI=1S/C12H16O2/c1-3-14-12(13)9-10(2)11-7-5-4-6-8-11/h4-8,10H,3,9H2,1-2H3/t10-/m1/s1. The van der Waals surface area contributed by atoms with E-state index in [4.69, 9.17) is 4.74 Å². The summed E-state index contributed by atoms with van der Waals surface area (Å²) in [6.45, 7) is 4.32. The molecule has 1 rings (SSSR count). The van der Waals surface area contributed by atoms with E-state index >= 15 is 0 Å². The minimum absolute atomic E-state index is 0.121. The van der Waals surface area contributed by atoms with Gasteiger partial charge < -0.3 is 4.74 Å². The van der Waals surface area contributed by atoms with E-state index in [-0.39, 0.29) is 11.9 Å². The van der Waals surface area contributed by atoms with Crippen molar-refractivity contribution in [2.45, 2.75) is 26.2 Å². The van der Waals surface area contributed by atoms with Crippen molar-refractivity contribution >= 4 is 5.97 Å². The fourth-order valence-corrected chi connectivity index (χ4v) is 1.37. The number of hydrogen-bond donors (Lipinski definition) is 0. The predicted octanol–water partition coefficient (Wildman–Crippen LogP) is 2.74. The smallest absolute Gasteiger partial charge is 0.306 e. The molecule has 0 aliphatic heterocycles. The molecule has 0 aliphatic carbocycles. The Morgan fingerprint density at radius 3 is 2.57 bits per heavy atom. The minimum Gasteiger partial charge on any atom is -0.466 e. The number of rotatable bonds is 4. The van der Waals surface area contributed by atoms with Gasteiger partial charge in [0.05, 0.1) is 13.0 Å². The Morgan fingerprint density at radius 1 is 1.36 bits per heavy atom. The molecule has 0 spiro atoms. The highest BCUT2D eigenvalue weighted by atomic mass is 16.5. The van der Waals surface area contributed by atoms with Gasteiger partial charge in [-0.1, -0.05) is 37.3 Å². The van der Waals surface area contributed by atoms with Crippen molar-refractivity contribution in [3.05, 3.63) is 35.9 Å². The molecule has 0 aliphatic rings. The van der Waals surface area contributed by atoms with Crippen LogP contribution in [0.25, 0.3) is 0 Å². The van der Waals surface area contributed by atoms with Crippen molar-refractivity contribution in [2.24, 2.45) is 0 Å². The van der Waals surface area contributed by atoms with Crippen molar-refractivity contribution in [1.29, 1.82) is 0 Å². The van der Waals surface area contributed by atoms with E-state index in [0.29, 0.717) is 13.0 Å². The fourth-order valence-electron chi connectivity index (χ4n) is 1.37. The molecule has 0 aromatic heterocycles. The van der Waals surface area contributed by atoms with Crippen LogP contribution >= 0.6 is 0 Å². The van der Waals surface area contributed by atoms with E-state index in [9.17, 15) is 4.79 Å². The first-order valence-electron chi connectivity index (χ1n) is 4.94. The van der Waals surface area contributed by atoms with Gasteiger partial charge in [-0.2, -0.15) is 0 Å². The molecule has 76 valence electrons. The van der Waals surface area contributed by atoms with Crippen LogP contribution < -0.4 is 0 Å². The van der Waals surface area contributed by atoms with Crippen LogP contribution in [0.5, 0.6) is 0 Å². The molecule has 1 atom stereocenters. The third-order valence-corrected chi connectivity index (χ3v) is 2.15. The van der Waals surface area contributed by atoms with Gasteiger partial charge in [0, 0.05) is 0 Å². The summed E-state index contributed by atoms with van der Waals surface area (Å²) in [6, 6.07) is 10.0. The third kappa shape index (κ3) is 3.21. The lowest BCUT2D eigenvalue weighted by molar-refractivity contribution is -0.143. The van der Waals surface area contributed by atoms with Gasteiger partial charge in [-0.05, 0) is 18.4 Å². The Bertz CT molecular complexity index is 280. The summed E-state index contributed by atoms with van der Waals surface area (Å²) in [6.07, 6.45) is 0.456. The first-order chi connectivity index (χ1) is 6.74. The van der Waals surface area contributed by atoms with Gasteiger partial charge in [0.15, 0.2) is 0 Å². The Balaban J connectivity index is 2.50. The van der Waals surface area contributed by atoms with E-state index in [1.807, 2.05) is 44.2 Å². The average molecular weight is 192 g/mol. The van der Waals surface area contributed by atoms with Crippen LogP contribution in [-0.4, -0.2) is 12.6 Å². The second-order valence-electron chi connectivity index (χ2n) is 3.32. The SMILES string of the molecule is CCOC(=O)C[C@@H](C)c1ccccc1. The van der Waals surface area contributed by atoms with Crippen LogP contribution in [-0.2, 0) is 9.53 Å². The molecule has 0 saturated heterocycles. The van der Waals surface area contributed by atoms with Crippen molar-refractivity contribution in [2.75, 3.05) is 6.61 Å². The number of hydrogen-bond acceptors (Lipinski definition) is 2. The van der Waals surface area contributed by atoms with Crippen molar-refractivity contribution in [3.8, 4) is 0 Å². The van der Waals surface area contributed by atoms with Crippen LogP contribution in [0, 0.1) is 0 Å². The third-order valence-electron chi connectivity index (χ3n) is 2.15. The number of esters is 1. The largest absolute Gasteiger partial charge is 0.466 e. The number of carbonyl (C=O) groups excluding carboxylic acids is 1. The molecule has 0 N–H and O–H groups in total. The summed E-state index contributed by atoms with van der Waals surface area (Å²) in [4.78, 5) is 11.2. The Kier molecular flexibility index (Phi) is 4.17. The van der Waals surface area contributed by atoms with Crippen LogP contribution in [0.1, 0.15) is 31.7 Å². The van der Waals surface area contributed by atoms with Crippen molar-refractivity contribution in [1.82, 2.24) is 0 Å². The fraction of sp³-hybridized carbons (Fsp3) is 0.417. The normalized spacial score (nSPS) is 12.1. The zero-order valence-corrected chi connectivity index (χ0v) is 8.69. The van der Waals surface area contributed by atoms with Gasteiger partial charge in [0.1, 0.15) is 0 Å². The van der Waals surface area contributed by atoms with E-state index in [1.165, 1.54) is 5.56 Å². The molecule has 1 aromatic rings. The molecule has 1 aromatic carbocycles. The summed E-state index contributed by atoms with van der Waals surface area (Å²) < 4.78 is 4.90. The van der Waals surface area contributed by atoms with Crippen LogP contribution in [0.3, 0.4) is 0 Å². The highest BCUT2D eigenvalue weighted by Crippen LogP contribution is 2.18. The Morgan fingerprint density at radius 2 is 2.00 bits per heavy atom. The van der Waals surface area contributed by atoms with E-state index in [1.54, 1.807) is 0 Å². The van der Waals surface area contributed by atoms with Gasteiger partial charge in [-0.15, -0.1) is 0 Å². The van der Waals surface area contributed by atoms with E-state index in [0.717, 1.165) is 0 Å². The first kappa shape index (κ1) is 10.8. The summed E-state index contributed by atoms with van der Waals surface area (Å²) in [5, 5.41) is 0. The lowest BCUT2D eigenvalue weighted by Gasteiger charge is -2.10. The summed E-state index contributed by atoms with van der Waals surface area (Å²) in [7, 11) is 0. The van der Waals surface area contributed by atoms with Crippen LogP contribution in [0.4, 0.5) is 0 Å². The first-order valence-corrected chi connectivity index (χ1v) is 4.94. The highest BCUT2D eigenvalue weighted by Gasteiger charge is 2.10. The molecule has 0 unspecified atom stereocenters. The quantitative estimate of drug-likeness (QED) is 0.686. The van der Waals surface area contributed by atoms with Gasteiger partial charge in [-0.3, -0.25) is 4.79 Å². The van der Waals surface area contributed by atoms with Gasteiger partial charge >= 0.3 is 5.97 Å². The maximum Gasteiger partial charge on any atom is 0.306 e. The maximum atomic E-state index is 11.2. The molecule has 0 saturated carbocycles. The molecule has 0 bridgehead atoms. The van der Waals surface area contributed by atoms with Crippen molar-refractivity contribution < 1.29 is 9.53 Å². The molecule has 0 heterocycles. The zero-order chi connectivity index (χ0) is 10.4. The molecular weight excluding hydrogens is 176 g/mol. The number of ether oxygens (including phenoxy) is 1. The van der Waals surface area contributed by atoms with Gasteiger partial charge in [-0.25, -0.2) is 0 Å². The molecule has 2 heteroatoms. The highest BCUT2D eigenvalue weighted by molar-refractivity contribution is 5.70. The summed E-state index contributed by atoms with van der Waals surface area (Å²) >= 11 is 0. The molecule has 14 heavy (non-hydrogen) atoms. The van der Waals surface area contributed by atoms with Gasteiger partial charge in [0.25, 0.3) is 0 Å². The van der Waals surface area contributed by atoms with Crippen LogP contribution in [0.2, 0.25) is 0 Å². The Hall–Kier alpha value is -1.31. The lowest BCUT2D eigenvalue weighted by atomic mass is 9.98. The molecule has 0 amide bonds. The summed E-state index contributed by atoms with van der Waals surface area (Å²) in [5.41, 5.74) is 1.18. The summed E-state index contributed by atoms with van der Waals surface area (Å²) in [5.74, 6) is 0.110. The molecule has 2 nitrogen and oxygen atoms in total. The predicted molar refractivity (Wildman–Crippen MR) is 56.1 cm³/mol. The van der Waals surface area contributed by atoms with E-state index in [2.05, 4.69) is 0 Å². The topological polar surface area (TPSA) is 26.3 Å². The van der Waals surface area contributed by atoms with Gasteiger partial charge in [0.2, 0.25) is 0 Å². The second kappa shape index (κ2) is 5.43. The minimum atomic E-state index is -0.121. The monoisotopic (exact) mass is 192 g/mol. The molecular formula is C12H16O2. The number of benzene rings is 1. The number of carbonyl (C=O) groups is 1. The maximum absolute atomic E-state index is 11.2. The van der Waals surface area contributed by atoms with Crippen LogP contribution in [0.15, 0.2) is 30.3 Å². The second-order valence-corrected chi connectivity index (χ2v) is 3.32. The lowest BCUT2D eigenvalue weighted by Crippen LogP contribution is -2.08. The molecule has 0 radical (unpaired) electrons.